The van der Waals surface area contributed by atoms with Gasteiger partial charge in [0.1, 0.15) is 0 Å². The van der Waals surface area contributed by atoms with Gasteiger partial charge < -0.3 is 10.6 Å². The highest BCUT2D eigenvalue weighted by molar-refractivity contribution is 5.83. The third-order valence-electron chi connectivity index (χ3n) is 4.39. The van der Waals surface area contributed by atoms with Crippen LogP contribution in [-0.2, 0) is 4.79 Å². The first-order valence-corrected chi connectivity index (χ1v) is 7.51. The molecule has 1 aliphatic carbocycles. The van der Waals surface area contributed by atoms with Crippen LogP contribution in [0.25, 0.3) is 0 Å². The second kappa shape index (κ2) is 6.55. The first kappa shape index (κ1) is 15.5. The van der Waals surface area contributed by atoms with E-state index in [2.05, 4.69) is 32.6 Å². The molecule has 3 nitrogen and oxygen atoms in total. The molecular formula is C15H30N2O. The van der Waals surface area contributed by atoms with Gasteiger partial charge in [-0.2, -0.15) is 0 Å². The summed E-state index contributed by atoms with van der Waals surface area (Å²) < 4.78 is 0. The van der Waals surface area contributed by atoms with Crippen molar-refractivity contribution < 1.29 is 4.79 Å². The normalized spacial score (nSPS) is 16.1. The van der Waals surface area contributed by atoms with Crippen molar-refractivity contribution in [1.82, 2.24) is 4.90 Å². The van der Waals surface area contributed by atoms with Crippen LogP contribution in [0.3, 0.4) is 0 Å². The van der Waals surface area contributed by atoms with Gasteiger partial charge in [-0.15, -0.1) is 0 Å². The summed E-state index contributed by atoms with van der Waals surface area (Å²) in [6.07, 6.45) is 5.15. The third-order valence-corrected chi connectivity index (χ3v) is 4.39. The number of carbonyl (C=O) groups excluding carboxylic acids is 1. The molecule has 1 saturated carbocycles. The van der Waals surface area contributed by atoms with Crippen molar-refractivity contribution in [3.05, 3.63) is 0 Å². The van der Waals surface area contributed by atoms with Crippen molar-refractivity contribution in [3.63, 3.8) is 0 Å². The first-order chi connectivity index (χ1) is 8.50. The average Bonchev–Trinajstić information content (AvgIpc) is 3.16. The maximum absolute atomic E-state index is 12.8. The lowest BCUT2D eigenvalue weighted by molar-refractivity contribution is -0.143. The van der Waals surface area contributed by atoms with E-state index in [9.17, 15) is 4.79 Å². The van der Waals surface area contributed by atoms with Crippen LogP contribution in [0.5, 0.6) is 0 Å². The van der Waals surface area contributed by atoms with E-state index in [0.717, 1.165) is 25.8 Å². The Balaban J connectivity index is 2.74. The molecule has 0 aliphatic heterocycles. The zero-order valence-electron chi connectivity index (χ0n) is 12.5. The van der Waals surface area contributed by atoms with Crippen molar-refractivity contribution in [2.75, 3.05) is 13.1 Å². The zero-order valence-corrected chi connectivity index (χ0v) is 12.5. The van der Waals surface area contributed by atoms with Gasteiger partial charge in [0.05, 0.1) is 5.41 Å². The summed E-state index contributed by atoms with van der Waals surface area (Å²) in [5, 5.41) is 0. The highest BCUT2D eigenvalue weighted by atomic mass is 16.2. The van der Waals surface area contributed by atoms with Gasteiger partial charge in [-0.3, -0.25) is 4.79 Å². The molecular weight excluding hydrogens is 224 g/mol. The average molecular weight is 254 g/mol. The number of amides is 1. The number of rotatable bonds is 8. The molecule has 0 aromatic heterocycles. The molecule has 0 unspecified atom stereocenters. The topological polar surface area (TPSA) is 46.3 Å². The van der Waals surface area contributed by atoms with Gasteiger partial charge in [0.25, 0.3) is 0 Å². The van der Waals surface area contributed by atoms with E-state index in [-0.39, 0.29) is 5.41 Å². The van der Waals surface area contributed by atoms with Gasteiger partial charge in [0.2, 0.25) is 5.91 Å². The molecule has 0 bridgehead atoms. The second-order valence-corrected chi connectivity index (χ2v) is 6.10. The quantitative estimate of drug-likeness (QED) is 0.724. The molecule has 1 aliphatic rings. The summed E-state index contributed by atoms with van der Waals surface area (Å²) in [7, 11) is 0. The molecule has 0 heterocycles. The Labute approximate surface area is 112 Å². The van der Waals surface area contributed by atoms with Crippen LogP contribution in [-0.4, -0.2) is 29.9 Å². The van der Waals surface area contributed by atoms with Gasteiger partial charge in [-0.05, 0) is 38.0 Å². The van der Waals surface area contributed by atoms with Gasteiger partial charge in [0, 0.05) is 19.1 Å². The Kier molecular flexibility index (Phi) is 5.64. The van der Waals surface area contributed by atoms with Crippen LogP contribution in [0.1, 0.15) is 59.8 Å². The van der Waals surface area contributed by atoms with E-state index >= 15 is 0 Å². The molecule has 0 aromatic rings. The van der Waals surface area contributed by atoms with Gasteiger partial charge in [-0.1, -0.05) is 27.7 Å². The van der Waals surface area contributed by atoms with Crippen LogP contribution in [0, 0.1) is 11.3 Å². The highest BCUT2D eigenvalue weighted by Gasteiger charge is 2.42. The van der Waals surface area contributed by atoms with Crippen LogP contribution >= 0.6 is 0 Å². The molecule has 2 N–H and O–H groups in total. The highest BCUT2D eigenvalue weighted by Crippen LogP contribution is 2.34. The molecule has 1 fully saturated rings. The fraction of sp³-hybridized carbons (Fsp3) is 0.933. The third kappa shape index (κ3) is 3.47. The number of nitrogens with two attached hydrogens (primary N) is 1. The summed E-state index contributed by atoms with van der Waals surface area (Å²) in [4.78, 5) is 14.9. The minimum atomic E-state index is -0.320. The molecule has 3 heteroatoms. The molecule has 1 amide bonds. The molecule has 0 spiro atoms. The van der Waals surface area contributed by atoms with Crippen molar-refractivity contribution >= 4 is 5.91 Å². The maximum Gasteiger partial charge on any atom is 0.230 e. The summed E-state index contributed by atoms with van der Waals surface area (Å²) in [5.41, 5.74) is 5.58. The summed E-state index contributed by atoms with van der Waals surface area (Å²) in [6.45, 7) is 9.98. The van der Waals surface area contributed by atoms with E-state index in [0.29, 0.717) is 24.4 Å². The fourth-order valence-corrected chi connectivity index (χ4v) is 2.47. The summed E-state index contributed by atoms with van der Waals surface area (Å²) >= 11 is 0. The molecule has 0 radical (unpaired) electrons. The molecule has 0 saturated heterocycles. The summed E-state index contributed by atoms with van der Waals surface area (Å²) in [6, 6.07) is 0.500. The van der Waals surface area contributed by atoms with Crippen LogP contribution < -0.4 is 5.73 Å². The van der Waals surface area contributed by atoms with Gasteiger partial charge in [0.15, 0.2) is 0 Å². The monoisotopic (exact) mass is 254 g/mol. The van der Waals surface area contributed by atoms with E-state index in [1.165, 1.54) is 12.8 Å². The first-order valence-electron chi connectivity index (χ1n) is 7.51. The van der Waals surface area contributed by atoms with E-state index in [1.54, 1.807) is 0 Å². The van der Waals surface area contributed by atoms with E-state index < -0.39 is 0 Å². The lowest BCUT2D eigenvalue weighted by Gasteiger charge is -2.35. The van der Waals surface area contributed by atoms with Crippen molar-refractivity contribution in [2.24, 2.45) is 17.1 Å². The van der Waals surface area contributed by atoms with Gasteiger partial charge in [-0.25, -0.2) is 0 Å². The Morgan fingerprint density at radius 3 is 2.22 bits per heavy atom. The standard InChI is InChI=1S/C15H30N2O/c1-5-15(6-2,11-16)14(18)17(13-7-8-13)10-9-12(3)4/h12-13H,5-11,16H2,1-4H3. The number of nitrogens with zero attached hydrogens (tertiary/aromatic N) is 1. The van der Waals surface area contributed by atoms with Crippen molar-refractivity contribution in [2.45, 2.75) is 65.8 Å². The van der Waals surface area contributed by atoms with Crippen molar-refractivity contribution in [3.8, 4) is 0 Å². The zero-order chi connectivity index (χ0) is 13.8. The lowest BCUT2D eigenvalue weighted by atomic mass is 9.80. The molecule has 0 atom stereocenters. The molecule has 106 valence electrons. The largest absolute Gasteiger partial charge is 0.339 e. The second-order valence-electron chi connectivity index (χ2n) is 6.10. The van der Waals surface area contributed by atoms with Crippen molar-refractivity contribution in [1.29, 1.82) is 0 Å². The minimum absolute atomic E-state index is 0.304. The van der Waals surface area contributed by atoms with Gasteiger partial charge >= 0.3 is 0 Å². The number of hydrogen-bond donors (Lipinski definition) is 1. The minimum Gasteiger partial charge on any atom is -0.339 e. The maximum atomic E-state index is 12.8. The van der Waals surface area contributed by atoms with E-state index in [4.69, 9.17) is 5.73 Å². The smallest absolute Gasteiger partial charge is 0.230 e. The predicted molar refractivity (Wildman–Crippen MR) is 76.3 cm³/mol. The lowest BCUT2D eigenvalue weighted by Crippen LogP contribution is -2.49. The Morgan fingerprint density at radius 1 is 1.33 bits per heavy atom. The van der Waals surface area contributed by atoms with Crippen LogP contribution in [0.2, 0.25) is 0 Å². The molecule has 18 heavy (non-hydrogen) atoms. The van der Waals surface area contributed by atoms with Crippen LogP contribution in [0.15, 0.2) is 0 Å². The summed E-state index contributed by atoms with van der Waals surface area (Å²) in [5.74, 6) is 0.952. The Morgan fingerprint density at radius 2 is 1.89 bits per heavy atom. The number of carbonyl (C=O) groups is 1. The predicted octanol–water partition coefficient (Wildman–Crippen LogP) is 2.79. The van der Waals surface area contributed by atoms with Crippen LogP contribution in [0.4, 0.5) is 0 Å². The Hall–Kier alpha value is -0.570. The van der Waals surface area contributed by atoms with E-state index in [1.807, 2.05) is 0 Å². The fourth-order valence-electron chi connectivity index (χ4n) is 2.47. The molecule has 1 rings (SSSR count). The Bertz CT molecular complexity index is 259. The number of hydrogen-bond acceptors (Lipinski definition) is 2. The SMILES string of the molecule is CCC(CC)(CN)C(=O)N(CCC(C)C)C1CC1. The molecule has 0 aromatic carbocycles.